The topological polar surface area (TPSA) is 71.5 Å². The van der Waals surface area contributed by atoms with Gasteiger partial charge in [-0.1, -0.05) is 18.2 Å². The molecule has 1 heterocycles. The normalized spacial score (nSPS) is 10.2. The van der Waals surface area contributed by atoms with Crippen molar-refractivity contribution in [1.82, 2.24) is 4.98 Å². The van der Waals surface area contributed by atoms with Crippen LogP contribution in [0.1, 0.15) is 15.9 Å². The number of anilines is 1. The summed E-state index contributed by atoms with van der Waals surface area (Å²) in [6.45, 7) is 0.584. The van der Waals surface area contributed by atoms with Crippen molar-refractivity contribution in [3.05, 3.63) is 53.9 Å². The van der Waals surface area contributed by atoms with Crippen molar-refractivity contribution < 1.29 is 14.6 Å². The molecule has 0 aliphatic heterocycles. The fraction of sp³-hybridized carbons (Fsp3) is 0.200. The summed E-state index contributed by atoms with van der Waals surface area (Å²) < 4.78 is 5.05. The Morgan fingerprint density at radius 3 is 2.90 bits per heavy atom. The average Bonchev–Trinajstić information content (AvgIpc) is 2.46. The molecule has 0 unspecified atom stereocenters. The molecule has 1 amide bonds. The second-order valence-electron chi connectivity index (χ2n) is 4.29. The molecule has 104 valence electrons. The lowest BCUT2D eigenvalue weighted by Gasteiger charge is -2.10. The van der Waals surface area contributed by atoms with Crippen molar-refractivity contribution in [2.75, 3.05) is 19.0 Å². The number of nitrogens with one attached hydrogen (secondary N) is 1. The molecule has 0 atom stereocenters. The standard InChI is InChI=1S/C15H16N2O3/c1-20-7-6-11-4-2-3-5-14(11)17-15(19)12-8-13(18)10-16-9-12/h2-5,8-10,18H,6-7H2,1H3,(H,17,19). The molecule has 1 aromatic carbocycles. The lowest BCUT2D eigenvalue weighted by Crippen LogP contribution is -2.14. The van der Waals surface area contributed by atoms with Crippen LogP contribution in [0.2, 0.25) is 0 Å². The van der Waals surface area contributed by atoms with E-state index >= 15 is 0 Å². The van der Waals surface area contributed by atoms with Crippen LogP contribution in [0.15, 0.2) is 42.7 Å². The number of amides is 1. The number of methoxy groups -OCH3 is 1. The predicted octanol–water partition coefficient (Wildman–Crippen LogP) is 2.23. The number of nitrogens with zero attached hydrogens (tertiary/aromatic N) is 1. The Labute approximate surface area is 117 Å². The number of aromatic nitrogens is 1. The maximum absolute atomic E-state index is 12.1. The zero-order valence-electron chi connectivity index (χ0n) is 11.2. The van der Waals surface area contributed by atoms with E-state index in [1.54, 1.807) is 7.11 Å². The van der Waals surface area contributed by atoms with Gasteiger partial charge in [0.15, 0.2) is 0 Å². The Hall–Kier alpha value is -2.40. The molecular weight excluding hydrogens is 256 g/mol. The zero-order valence-corrected chi connectivity index (χ0v) is 11.2. The van der Waals surface area contributed by atoms with Crippen molar-refractivity contribution in [2.24, 2.45) is 0 Å². The number of carbonyl (C=O) groups is 1. The van der Waals surface area contributed by atoms with Crippen molar-refractivity contribution in [3.63, 3.8) is 0 Å². The number of carbonyl (C=O) groups excluding carboxylic acids is 1. The summed E-state index contributed by atoms with van der Waals surface area (Å²) in [6.07, 6.45) is 3.40. The maximum Gasteiger partial charge on any atom is 0.257 e. The second-order valence-corrected chi connectivity index (χ2v) is 4.29. The SMILES string of the molecule is COCCc1ccccc1NC(=O)c1cncc(O)c1. The molecule has 0 bridgehead atoms. The van der Waals surface area contributed by atoms with Gasteiger partial charge in [-0.3, -0.25) is 9.78 Å². The van der Waals surface area contributed by atoms with E-state index in [-0.39, 0.29) is 11.7 Å². The minimum atomic E-state index is -0.307. The average molecular weight is 272 g/mol. The third-order valence-corrected chi connectivity index (χ3v) is 2.83. The van der Waals surface area contributed by atoms with Crippen LogP contribution in [0.5, 0.6) is 5.75 Å². The summed E-state index contributed by atoms with van der Waals surface area (Å²) >= 11 is 0. The summed E-state index contributed by atoms with van der Waals surface area (Å²) in [6, 6.07) is 8.91. The van der Waals surface area contributed by atoms with Gasteiger partial charge in [-0.15, -0.1) is 0 Å². The van der Waals surface area contributed by atoms with Crippen LogP contribution in [-0.4, -0.2) is 29.7 Å². The molecule has 0 saturated heterocycles. The van der Waals surface area contributed by atoms with Crippen LogP contribution in [0.4, 0.5) is 5.69 Å². The van der Waals surface area contributed by atoms with E-state index in [0.717, 1.165) is 11.3 Å². The number of benzene rings is 1. The van der Waals surface area contributed by atoms with E-state index in [0.29, 0.717) is 18.6 Å². The lowest BCUT2D eigenvalue weighted by molar-refractivity contribution is 0.102. The van der Waals surface area contributed by atoms with E-state index in [1.807, 2.05) is 24.3 Å². The fourth-order valence-electron chi connectivity index (χ4n) is 1.82. The first-order valence-corrected chi connectivity index (χ1v) is 6.23. The van der Waals surface area contributed by atoms with Crippen molar-refractivity contribution >= 4 is 11.6 Å². The Balaban J connectivity index is 2.15. The predicted molar refractivity (Wildman–Crippen MR) is 75.9 cm³/mol. The van der Waals surface area contributed by atoms with E-state index < -0.39 is 0 Å². The van der Waals surface area contributed by atoms with E-state index in [4.69, 9.17) is 4.74 Å². The summed E-state index contributed by atoms with van der Waals surface area (Å²) in [5.41, 5.74) is 2.04. The third kappa shape index (κ3) is 3.55. The van der Waals surface area contributed by atoms with Gasteiger partial charge in [0.05, 0.1) is 18.4 Å². The first-order valence-electron chi connectivity index (χ1n) is 6.23. The van der Waals surface area contributed by atoms with Gasteiger partial charge in [0.25, 0.3) is 5.91 Å². The van der Waals surface area contributed by atoms with Crippen LogP contribution >= 0.6 is 0 Å². The fourth-order valence-corrected chi connectivity index (χ4v) is 1.82. The number of rotatable bonds is 5. The Bertz CT molecular complexity index is 599. The highest BCUT2D eigenvalue weighted by molar-refractivity contribution is 6.04. The quantitative estimate of drug-likeness (QED) is 0.875. The first-order chi connectivity index (χ1) is 9.70. The number of hydrogen-bond acceptors (Lipinski definition) is 4. The van der Waals surface area contributed by atoms with Crippen LogP contribution in [-0.2, 0) is 11.2 Å². The number of hydrogen-bond donors (Lipinski definition) is 2. The number of ether oxygens (including phenoxy) is 1. The number of para-hydroxylation sites is 1. The van der Waals surface area contributed by atoms with Crippen molar-refractivity contribution in [1.29, 1.82) is 0 Å². The molecule has 5 heteroatoms. The van der Waals surface area contributed by atoms with Crippen LogP contribution in [0, 0.1) is 0 Å². The maximum atomic E-state index is 12.1. The summed E-state index contributed by atoms with van der Waals surface area (Å²) in [5, 5.41) is 12.2. The number of pyridine rings is 1. The van der Waals surface area contributed by atoms with Crippen molar-refractivity contribution in [3.8, 4) is 5.75 Å². The third-order valence-electron chi connectivity index (χ3n) is 2.83. The Morgan fingerprint density at radius 2 is 2.15 bits per heavy atom. The molecule has 0 fully saturated rings. The molecule has 1 aromatic heterocycles. The van der Waals surface area contributed by atoms with Gasteiger partial charge in [0.2, 0.25) is 0 Å². The van der Waals surface area contributed by atoms with Gasteiger partial charge in [-0.25, -0.2) is 0 Å². The molecule has 2 N–H and O–H groups in total. The smallest absolute Gasteiger partial charge is 0.257 e. The Kier molecular flexibility index (Phi) is 4.68. The lowest BCUT2D eigenvalue weighted by atomic mass is 10.1. The van der Waals surface area contributed by atoms with E-state index in [9.17, 15) is 9.90 Å². The summed E-state index contributed by atoms with van der Waals surface area (Å²) in [5.74, 6) is -0.344. The summed E-state index contributed by atoms with van der Waals surface area (Å²) in [4.78, 5) is 15.9. The van der Waals surface area contributed by atoms with Gasteiger partial charge in [-0.2, -0.15) is 0 Å². The molecule has 0 spiro atoms. The zero-order chi connectivity index (χ0) is 14.4. The molecular formula is C15H16N2O3. The molecule has 2 rings (SSSR count). The summed E-state index contributed by atoms with van der Waals surface area (Å²) in [7, 11) is 1.64. The van der Waals surface area contributed by atoms with Crippen molar-refractivity contribution in [2.45, 2.75) is 6.42 Å². The molecule has 0 radical (unpaired) electrons. The highest BCUT2D eigenvalue weighted by atomic mass is 16.5. The Morgan fingerprint density at radius 1 is 1.35 bits per heavy atom. The van der Waals surface area contributed by atoms with Gasteiger partial charge in [-0.05, 0) is 24.1 Å². The molecule has 20 heavy (non-hydrogen) atoms. The molecule has 0 saturated carbocycles. The van der Waals surface area contributed by atoms with Crippen LogP contribution < -0.4 is 5.32 Å². The monoisotopic (exact) mass is 272 g/mol. The molecule has 0 aliphatic rings. The van der Waals surface area contributed by atoms with Crippen LogP contribution in [0.3, 0.4) is 0 Å². The minimum Gasteiger partial charge on any atom is -0.506 e. The number of aromatic hydroxyl groups is 1. The van der Waals surface area contributed by atoms with E-state index in [1.165, 1.54) is 18.5 Å². The highest BCUT2D eigenvalue weighted by Crippen LogP contribution is 2.17. The first kappa shape index (κ1) is 14.0. The van der Waals surface area contributed by atoms with Crippen LogP contribution in [0.25, 0.3) is 0 Å². The van der Waals surface area contributed by atoms with Gasteiger partial charge >= 0.3 is 0 Å². The molecule has 5 nitrogen and oxygen atoms in total. The minimum absolute atomic E-state index is 0.0367. The van der Waals surface area contributed by atoms with Gasteiger partial charge < -0.3 is 15.2 Å². The highest BCUT2D eigenvalue weighted by Gasteiger charge is 2.09. The van der Waals surface area contributed by atoms with Gasteiger partial charge in [0.1, 0.15) is 5.75 Å². The van der Waals surface area contributed by atoms with Gasteiger partial charge in [0, 0.05) is 19.0 Å². The van der Waals surface area contributed by atoms with E-state index in [2.05, 4.69) is 10.3 Å². The second kappa shape index (κ2) is 6.68. The largest absolute Gasteiger partial charge is 0.506 e. The molecule has 2 aromatic rings. The molecule has 0 aliphatic carbocycles.